The fraction of sp³-hybridized carbons (Fsp3) is 0.250. The third-order valence-electron chi connectivity index (χ3n) is 3.35. The predicted octanol–water partition coefficient (Wildman–Crippen LogP) is 4.20. The highest BCUT2D eigenvalue weighted by Crippen LogP contribution is 2.30. The molecule has 0 saturated heterocycles. The number of sulfonamides is 1. The molecule has 0 aromatic heterocycles. The average Bonchev–Trinajstić information content (AvgIpc) is 2.40. The average molecular weight is 325 g/mol. The van der Waals surface area contributed by atoms with E-state index in [1.165, 1.54) is 0 Å². The van der Waals surface area contributed by atoms with Crippen LogP contribution in [0.4, 0.5) is 14.5 Å². The van der Waals surface area contributed by atoms with Gasteiger partial charge in [0.15, 0.2) is 0 Å². The van der Waals surface area contributed by atoms with E-state index in [1.807, 2.05) is 26.0 Å². The molecule has 2 aromatic carbocycles. The Balaban J connectivity index is 2.50. The van der Waals surface area contributed by atoms with Crippen LogP contribution in [0.3, 0.4) is 0 Å². The largest absolute Gasteiger partial charge is 0.279 e. The number of aryl methyl sites for hydroxylation is 1. The summed E-state index contributed by atoms with van der Waals surface area (Å²) in [6, 6.07) is 7.80. The number of anilines is 1. The number of halogens is 2. The van der Waals surface area contributed by atoms with Crippen LogP contribution in [-0.4, -0.2) is 8.42 Å². The minimum Gasteiger partial charge on any atom is -0.279 e. The van der Waals surface area contributed by atoms with Crippen molar-refractivity contribution in [3.63, 3.8) is 0 Å². The van der Waals surface area contributed by atoms with Gasteiger partial charge in [0.25, 0.3) is 10.0 Å². The summed E-state index contributed by atoms with van der Waals surface area (Å²) in [5, 5.41) is 0. The summed E-state index contributed by atoms with van der Waals surface area (Å²) in [7, 11) is -4.13. The zero-order chi connectivity index (χ0) is 16.5. The Bertz CT molecular complexity index is 802. The van der Waals surface area contributed by atoms with Gasteiger partial charge in [-0.25, -0.2) is 17.2 Å². The molecule has 118 valence electrons. The molecule has 0 aliphatic rings. The van der Waals surface area contributed by atoms with Gasteiger partial charge >= 0.3 is 0 Å². The smallest absolute Gasteiger partial charge is 0.264 e. The molecule has 0 aliphatic carbocycles. The van der Waals surface area contributed by atoms with Crippen molar-refractivity contribution < 1.29 is 17.2 Å². The number of rotatable bonds is 4. The molecule has 2 rings (SSSR count). The molecule has 0 radical (unpaired) electrons. The number of para-hydroxylation sites is 1. The van der Waals surface area contributed by atoms with Gasteiger partial charge in [-0.2, -0.15) is 0 Å². The Morgan fingerprint density at radius 1 is 1.09 bits per heavy atom. The first-order valence-electron chi connectivity index (χ1n) is 6.79. The van der Waals surface area contributed by atoms with Crippen LogP contribution in [0.1, 0.15) is 30.9 Å². The van der Waals surface area contributed by atoms with Crippen molar-refractivity contribution in [3.8, 4) is 0 Å². The first-order valence-corrected chi connectivity index (χ1v) is 8.28. The standard InChI is InChI=1S/C16H17F2NO2S/c1-10(2)13-6-4-5-11(3)16(13)19-22(20,21)15-8-7-12(17)9-14(15)18/h4-10,19H,1-3H3. The summed E-state index contributed by atoms with van der Waals surface area (Å²) >= 11 is 0. The second-order valence-electron chi connectivity index (χ2n) is 5.37. The molecular formula is C16H17F2NO2S. The molecule has 0 atom stereocenters. The molecule has 0 bridgehead atoms. The number of benzene rings is 2. The van der Waals surface area contributed by atoms with Crippen LogP contribution in [0.5, 0.6) is 0 Å². The van der Waals surface area contributed by atoms with Crippen molar-refractivity contribution >= 4 is 15.7 Å². The molecule has 6 heteroatoms. The van der Waals surface area contributed by atoms with Gasteiger partial charge in [0.1, 0.15) is 16.5 Å². The highest BCUT2D eigenvalue weighted by molar-refractivity contribution is 7.92. The fourth-order valence-electron chi connectivity index (χ4n) is 2.19. The maximum Gasteiger partial charge on any atom is 0.264 e. The van der Waals surface area contributed by atoms with Crippen LogP contribution < -0.4 is 4.72 Å². The Labute approximate surface area is 129 Å². The van der Waals surface area contributed by atoms with Gasteiger partial charge < -0.3 is 0 Å². The molecule has 0 unspecified atom stereocenters. The minimum atomic E-state index is -4.13. The lowest BCUT2D eigenvalue weighted by atomic mass is 9.99. The lowest BCUT2D eigenvalue weighted by Gasteiger charge is -2.17. The molecule has 0 fully saturated rings. The number of hydrogen-bond donors (Lipinski definition) is 1. The fourth-order valence-corrected chi connectivity index (χ4v) is 3.41. The van der Waals surface area contributed by atoms with Gasteiger partial charge in [0.2, 0.25) is 0 Å². The zero-order valence-corrected chi connectivity index (χ0v) is 13.3. The molecule has 3 nitrogen and oxygen atoms in total. The summed E-state index contributed by atoms with van der Waals surface area (Å²) in [5.74, 6) is -1.85. The molecule has 0 spiro atoms. The molecule has 0 saturated carbocycles. The second-order valence-corrected chi connectivity index (χ2v) is 7.02. The van der Waals surface area contributed by atoms with Gasteiger partial charge in [-0.05, 0) is 36.1 Å². The SMILES string of the molecule is Cc1cccc(C(C)C)c1NS(=O)(=O)c1ccc(F)cc1F. The first-order chi connectivity index (χ1) is 10.2. The van der Waals surface area contributed by atoms with Gasteiger partial charge in [0.05, 0.1) is 5.69 Å². The van der Waals surface area contributed by atoms with E-state index in [2.05, 4.69) is 4.72 Å². The van der Waals surface area contributed by atoms with E-state index in [4.69, 9.17) is 0 Å². The summed E-state index contributed by atoms with van der Waals surface area (Å²) in [6.07, 6.45) is 0. The Kier molecular flexibility index (Phi) is 4.51. The van der Waals surface area contributed by atoms with Crippen LogP contribution >= 0.6 is 0 Å². The maximum atomic E-state index is 13.7. The van der Waals surface area contributed by atoms with E-state index < -0.39 is 26.6 Å². The third kappa shape index (κ3) is 3.27. The summed E-state index contributed by atoms with van der Waals surface area (Å²) < 4.78 is 53.9. The summed E-state index contributed by atoms with van der Waals surface area (Å²) in [6.45, 7) is 5.64. The third-order valence-corrected chi connectivity index (χ3v) is 4.73. The highest BCUT2D eigenvalue weighted by atomic mass is 32.2. The first kappa shape index (κ1) is 16.4. The highest BCUT2D eigenvalue weighted by Gasteiger charge is 2.22. The molecule has 0 heterocycles. The van der Waals surface area contributed by atoms with Crippen molar-refractivity contribution in [2.45, 2.75) is 31.6 Å². The van der Waals surface area contributed by atoms with E-state index in [0.29, 0.717) is 11.8 Å². The zero-order valence-electron chi connectivity index (χ0n) is 12.5. The molecule has 0 aliphatic heterocycles. The van der Waals surface area contributed by atoms with Crippen LogP contribution in [0, 0.1) is 18.6 Å². The quantitative estimate of drug-likeness (QED) is 0.916. The normalized spacial score (nSPS) is 11.7. The van der Waals surface area contributed by atoms with Gasteiger partial charge in [-0.15, -0.1) is 0 Å². The second kappa shape index (κ2) is 6.04. The van der Waals surface area contributed by atoms with E-state index in [0.717, 1.165) is 23.3 Å². The molecule has 2 aromatic rings. The van der Waals surface area contributed by atoms with Gasteiger partial charge in [0, 0.05) is 6.07 Å². The minimum absolute atomic E-state index is 0.0932. The molecule has 22 heavy (non-hydrogen) atoms. The van der Waals surface area contributed by atoms with Gasteiger partial charge in [-0.3, -0.25) is 4.72 Å². The Hall–Kier alpha value is -1.95. The van der Waals surface area contributed by atoms with E-state index >= 15 is 0 Å². The molecule has 0 amide bonds. The molecular weight excluding hydrogens is 308 g/mol. The molecule has 1 N–H and O–H groups in total. The van der Waals surface area contributed by atoms with Gasteiger partial charge in [-0.1, -0.05) is 32.0 Å². The lowest BCUT2D eigenvalue weighted by Crippen LogP contribution is -2.17. The van der Waals surface area contributed by atoms with Crippen LogP contribution in [-0.2, 0) is 10.0 Å². The monoisotopic (exact) mass is 325 g/mol. The van der Waals surface area contributed by atoms with Crippen molar-refractivity contribution in [1.82, 2.24) is 0 Å². The summed E-state index contributed by atoms with van der Waals surface area (Å²) in [5.41, 5.74) is 1.98. The van der Waals surface area contributed by atoms with E-state index in [9.17, 15) is 17.2 Å². The van der Waals surface area contributed by atoms with Crippen LogP contribution in [0.25, 0.3) is 0 Å². The van der Waals surface area contributed by atoms with Crippen LogP contribution in [0.15, 0.2) is 41.3 Å². The van der Waals surface area contributed by atoms with Crippen molar-refractivity contribution in [2.24, 2.45) is 0 Å². The Morgan fingerprint density at radius 3 is 2.36 bits per heavy atom. The van der Waals surface area contributed by atoms with E-state index in [1.54, 1.807) is 13.0 Å². The number of hydrogen-bond acceptors (Lipinski definition) is 2. The maximum absolute atomic E-state index is 13.7. The Morgan fingerprint density at radius 2 is 1.77 bits per heavy atom. The number of nitrogens with one attached hydrogen (secondary N) is 1. The predicted molar refractivity (Wildman–Crippen MR) is 82.4 cm³/mol. The van der Waals surface area contributed by atoms with Crippen molar-refractivity contribution in [2.75, 3.05) is 4.72 Å². The lowest BCUT2D eigenvalue weighted by molar-refractivity contribution is 0.551. The topological polar surface area (TPSA) is 46.2 Å². The van der Waals surface area contributed by atoms with E-state index in [-0.39, 0.29) is 5.92 Å². The van der Waals surface area contributed by atoms with Crippen molar-refractivity contribution in [1.29, 1.82) is 0 Å². The van der Waals surface area contributed by atoms with Crippen molar-refractivity contribution in [3.05, 3.63) is 59.2 Å². The summed E-state index contributed by atoms with van der Waals surface area (Å²) in [4.78, 5) is -0.577. The van der Waals surface area contributed by atoms with Crippen LogP contribution in [0.2, 0.25) is 0 Å².